The molecule has 1 aromatic heterocycles. The maximum atomic E-state index is 11.5. The summed E-state index contributed by atoms with van der Waals surface area (Å²) in [6.45, 7) is 0.293. The predicted molar refractivity (Wildman–Crippen MR) is 81.3 cm³/mol. The quantitative estimate of drug-likeness (QED) is 0.785. The zero-order valence-corrected chi connectivity index (χ0v) is 11.7. The second-order valence-electron chi connectivity index (χ2n) is 4.68. The summed E-state index contributed by atoms with van der Waals surface area (Å²) in [5.74, 6) is -0.829. The molecule has 0 fully saturated rings. The highest BCUT2D eigenvalue weighted by Gasteiger charge is 2.20. The van der Waals surface area contributed by atoms with E-state index < -0.39 is 5.97 Å². The molecule has 0 radical (unpaired) electrons. The van der Waals surface area contributed by atoms with Crippen LogP contribution in [0.5, 0.6) is 5.75 Å². The van der Waals surface area contributed by atoms with Crippen LogP contribution in [0.4, 0.5) is 0 Å². The van der Waals surface area contributed by atoms with Crippen molar-refractivity contribution in [1.82, 2.24) is 9.78 Å². The molecule has 1 N–H and O–H groups in total. The monoisotopic (exact) mass is 294 g/mol. The Hall–Kier alpha value is -3.08. The fourth-order valence-corrected chi connectivity index (χ4v) is 2.14. The molecule has 0 aliphatic carbocycles. The highest BCUT2D eigenvalue weighted by atomic mass is 16.5. The lowest BCUT2D eigenvalue weighted by atomic mass is 10.2. The molecule has 0 saturated carbocycles. The van der Waals surface area contributed by atoms with Gasteiger partial charge in [-0.1, -0.05) is 48.5 Å². The lowest BCUT2D eigenvalue weighted by Gasteiger charge is -2.07. The van der Waals surface area contributed by atoms with E-state index >= 15 is 0 Å². The fourth-order valence-electron chi connectivity index (χ4n) is 2.14. The maximum Gasteiger partial charge on any atom is 0.358 e. The van der Waals surface area contributed by atoms with Gasteiger partial charge in [0.1, 0.15) is 6.61 Å². The van der Waals surface area contributed by atoms with E-state index in [2.05, 4.69) is 5.10 Å². The van der Waals surface area contributed by atoms with Crippen molar-refractivity contribution < 1.29 is 14.6 Å². The number of ether oxygens (including phenoxy) is 1. The van der Waals surface area contributed by atoms with Crippen LogP contribution in [0.15, 0.2) is 66.9 Å². The van der Waals surface area contributed by atoms with Crippen LogP contribution in [0.25, 0.3) is 5.69 Å². The van der Waals surface area contributed by atoms with Crippen molar-refractivity contribution in [1.29, 1.82) is 0 Å². The molecule has 22 heavy (non-hydrogen) atoms. The maximum absolute atomic E-state index is 11.5. The second-order valence-corrected chi connectivity index (χ2v) is 4.68. The van der Waals surface area contributed by atoms with Gasteiger partial charge in [-0.05, 0) is 17.7 Å². The second kappa shape index (κ2) is 6.13. The number of carboxylic acid groups (broad SMARTS) is 1. The van der Waals surface area contributed by atoms with Gasteiger partial charge in [0.25, 0.3) is 0 Å². The Bertz CT molecular complexity index is 767. The minimum absolute atomic E-state index is 0.0159. The minimum Gasteiger partial charge on any atom is -0.485 e. The number of hydrogen-bond donors (Lipinski definition) is 1. The van der Waals surface area contributed by atoms with Crippen LogP contribution in [-0.2, 0) is 6.61 Å². The standard InChI is InChI=1S/C17H14N2O3/c20-17(21)16-15(22-12-13-7-3-1-4-8-13)11-18-19(16)14-9-5-2-6-10-14/h1-11H,12H2,(H,20,21). The molecule has 5 heteroatoms. The molecule has 110 valence electrons. The Morgan fingerprint density at radius 1 is 1.05 bits per heavy atom. The topological polar surface area (TPSA) is 64.3 Å². The molecule has 0 bridgehead atoms. The summed E-state index contributed by atoms with van der Waals surface area (Å²) in [5.41, 5.74) is 1.66. The first kappa shape index (κ1) is 13.9. The molecule has 0 spiro atoms. The zero-order valence-electron chi connectivity index (χ0n) is 11.7. The molecule has 0 saturated heterocycles. The fraction of sp³-hybridized carbons (Fsp3) is 0.0588. The van der Waals surface area contributed by atoms with Crippen molar-refractivity contribution >= 4 is 5.97 Å². The van der Waals surface area contributed by atoms with Crippen molar-refractivity contribution in [3.8, 4) is 11.4 Å². The van der Waals surface area contributed by atoms with E-state index in [1.54, 1.807) is 12.1 Å². The number of aromatic nitrogens is 2. The van der Waals surface area contributed by atoms with Crippen molar-refractivity contribution in [2.75, 3.05) is 0 Å². The minimum atomic E-state index is -1.08. The van der Waals surface area contributed by atoms with Gasteiger partial charge in [0.05, 0.1) is 11.9 Å². The predicted octanol–water partition coefficient (Wildman–Crippen LogP) is 3.15. The van der Waals surface area contributed by atoms with Crippen molar-refractivity contribution in [2.24, 2.45) is 0 Å². The van der Waals surface area contributed by atoms with Crippen LogP contribution in [-0.4, -0.2) is 20.9 Å². The van der Waals surface area contributed by atoms with Crippen molar-refractivity contribution in [3.63, 3.8) is 0 Å². The van der Waals surface area contributed by atoms with E-state index in [9.17, 15) is 9.90 Å². The Morgan fingerprint density at radius 2 is 1.68 bits per heavy atom. The van der Waals surface area contributed by atoms with Gasteiger partial charge in [-0.2, -0.15) is 5.10 Å². The Kier molecular flexibility index (Phi) is 3.87. The van der Waals surface area contributed by atoms with Crippen LogP contribution < -0.4 is 4.74 Å². The lowest BCUT2D eigenvalue weighted by Crippen LogP contribution is -2.09. The van der Waals surface area contributed by atoms with Crippen molar-refractivity contribution in [3.05, 3.63) is 78.1 Å². The van der Waals surface area contributed by atoms with Crippen LogP contribution in [0, 0.1) is 0 Å². The van der Waals surface area contributed by atoms with Gasteiger partial charge >= 0.3 is 5.97 Å². The Labute approximate surface area is 127 Å². The van der Waals surface area contributed by atoms with Crippen molar-refractivity contribution in [2.45, 2.75) is 6.61 Å². The summed E-state index contributed by atoms with van der Waals surface area (Å²) in [6, 6.07) is 18.7. The first-order chi connectivity index (χ1) is 10.8. The van der Waals surface area contributed by atoms with Gasteiger partial charge in [0.15, 0.2) is 11.4 Å². The summed E-state index contributed by atoms with van der Waals surface area (Å²) >= 11 is 0. The molecule has 1 heterocycles. The third-order valence-corrected chi connectivity index (χ3v) is 3.18. The molecule has 0 aliphatic heterocycles. The average molecular weight is 294 g/mol. The number of benzene rings is 2. The molecule has 3 rings (SSSR count). The number of para-hydroxylation sites is 1. The van der Waals surface area contributed by atoms with Gasteiger partial charge in [0, 0.05) is 0 Å². The highest BCUT2D eigenvalue weighted by molar-refractivity contribution is 5.89. The number of rotatable bonds is 5. The molecule has 5 nitrogen and oxygen atoms in total. The largest absolute Gasteiger partial charge is 0.485 e. The highest BCUT2D eigenvalue weighted by Crippen LogP contribution is 2.22. The summed E-state index contributed by atoms with van der Waals surface area (Å²) in [5, 5.41) is 13.6. The summed E-state index contributed by atoms with van der Waals surface area (Å²) in [7, 11) is 0. The van der Waals surface area contributed by atoms with E-state index in [0.29, 0.717) is 12.3 Å². The molecular formula is C17H14N2O3. The van der Waals surface area contributed by atoms with E-state index in [1.807, 2.05) is 48.5 Å². The third-order valence-electron chi connectivity index (χ3n) is 3.18. The smallest absolute Gasteiger partial charge is 0.358 e. The Balaban J connectivity index is 1.89. The number of hydrogen-bond acceptors (Lipinski definition) is 3. The first-order valence-electron chi connectivity index (χ1n) is 6.79. The summed E-state index contributed by atoms with van der Waals surface area (Å²) in [6.07, 6.45) is 1.43. The molecule has 0 aliphatic rings. The van der Waals surface area contributed by atoms with E-state index in [1.165, 1.54) is 10.9 Å². The zero-order chi connectivity index (χ0) is 15.4. The molecule has 0 atom stereocenters. The molecule has 0 unspecified atom stereocenters. The number of nitrogens with zero attached hydrogens (tertiary/aromatic N) is 2. The average Bonchev–Trinajstić information content (AvgIpc) is 2.99. The van der Waals surface area contributed by atoms with Crippen LogP contribution >= 0.6 is 0 Å². The van der Waals surface area contributed by atoms with E-state index in [0.717, 1.165) is 5.56 Å². The summed E-state index contributed by atoms with van der Waals surface area (Å²) in [4.78, 5) is 11.5. The molecule has 2 aromatic carbocycles. The number of carboxylic acids is 1. The molecular weight excluding hydrogens is 280 g/mol. The lowest BCUT2D eigenvalue weighted by molar-refractivity contribution is 0.0681. The molecule has 0 amide bonds. The van der Waals surface area contributed by atoms with E-state index in [4.69, 9.17) is 4.74 Å². The van der Waals surface area contributed by atoms with Crippen LogP contribution in [0.3, 0.4) is 0 Å². The van der Waals surface area contributed by atoms with Crippen LogP contribution in [0.2, 0.25) is 0 Å². The molecule has 3 aromatic rings. The third kappa shape index (κ3) is 2.83. The van der Waals surface area contributed by atoms with Gasteiger partial charge < -0.3 is 9.84 Å². The van der Waals surface area contributed by atoms with Crippen LogP contribution in [0.1, 0.15) is 16.1 Å². The summed E-state index contributed by atoms with van der Waals surface area (Å²) < 4.78 is 6.99. The first-order valence-corrected chi connectivity index (χ1v) is 6.79. The van der Waals surface area contributed by atoms with Gasteiger partial charge in [-0.25, -0.2) is 9.48 Å². The van der Waals surface area contributed by atoms with Gasteiger partial charge in [0.2, 0.25) is 0 Å². The van der Waals surface area contributed by atoms with Gasteiger partial charge in [-0.3, -0.25) is 0 Å². The number of aromatic carboxylic acids is 1. The Morgan fingerprint density at radius 3 is 2.32 bits per heavy atom. The van der Waals surface area contributed by atoms with E-state index in [-0.39, 0.29) is 11.4 Å². The van der Waals surface area contributed by atoms with Gasteiger partial charge in [-0.15, -0.1) is 0 Å². The normalized spacial score (nSPS) is 10.4. The number of carbonyl (C=O) groups is 1. The SMILES string of the molecule is O=C(O)c1c(OCc2ccccc2)cnn1-c1ccccc1.